The molecule has 0 fully saturated rings. The number of anilines is 1. The second kappa shape index (κ2) is 6.63. The Morgan fingerprint density at radius 2 is 2.00 bits per heavy atom. The number of aryl methyl sites for hydroxylation is 1. The highest BCUT2D eigenvalue weighted by atomic mass is 32.2. The van der Waals surface area contributed by atoms with Crippen LogP contribution in [-0.4, -0.2) is 37.7 Å². The minimum absolute atomic E-state index is 0. The fraction of sp³-hybridized carbons (Fsp3) is 0.385. The maximum absolute atomic E-state index is 11.1. The van der Waals surface area contributed by atoms with Crippen molar-refractivity contribution < 1.29 is 12.8 Å². The zero-order chi connectivity index (χ0) is 13.2. The minimum Gasteiger partial charge on any atom is -0.461 e. The van der Waals surface area contributed by atoms with Gasteiger partial charge in [-0.15, -0.1) is 0 Å². The smallest absolute Gasteiger partial charge is 0.229 e. The molecule has 2 aromatic rings. The van der Waals surface area contributed by atoms with Gasteiger partial charge >= 0.3 is 0 Å². The van der Waals surface area contributed by atoms with E-state index in [0.29, 0.717) is 5.69 Å². The summed E-state index contributed by atoms with van der Waals surface area (Å²) in [5.41, 5.74) is 1.35. The highest BCUT2D eigenvalue weighted by Gasteiger charge is 2.06. The van der Waals surface area contributed by atoms with Gasteiger partial charge in [-0.2, -0.15) is 0 Å². The van der Waals surface area contributed by atoms with Gasteiger partial charge in [-0.3, -0.25) is 4.72 Å². The van der Waals surface area contributed by atoms with Gasteiger partial charge in [0, 0.05) is 40.5 Å². The number of hydrogen-bond acceptors (Lipinski definition) is 3. The van der Waals surface area contributed by atoms with Gasteiger partial charge in [0.15, 0.2) is 0 Å². The molecule has 0 amide bonds. The molecule has 0 atom stereocenters. The number of unbranched alkanes of at least 4 members (excludes halogenated alkanes) is 1. The molecule has 0 spiro atoms. The van der Waals surface area contributed by atoms with E-state index in [0.717, 1.165) is 42.2 Å². The first kappa shape index (κ1) is 16.3. The number of hydrogen-bond donors (Lipinski definition) is 1. The van der Waals surface area contributed by atoms with E-state index in [1.54, 1.807) is 18.2 Å². The molecule has 2 rings (SSSR count). The van der Waals surface area contributed by atoms with Crippen LogP contribution in [0, 0.1) is 0 Å². The molecule has 2 radical (unpaired) electrons. The van der Waals surface area contributed by atoms with Gasteiger partial charge in [0.25, 0.3) is 0 Å². The van der Waals surface area contributed by atoms with E-state index < -0.39 is 10.0 Å². The third kappa shape index (κ3) is 4.70. The molecule has 0 aliphatic heterocycles. The summed E-state index contributed by atoms with van der Waals surface area (Å²) in [7, 11) is -3.23. The summed E-state index contributed by atoms with van der Waals surface area (Å²) in [4.78, 5) is 0. The Kier molecular flexibility index (Phi) is 5.70. The standard InChI is InChI=1S/C13H17NO3S.Mg/c1-3-4-5-12-9-10-8-11(14-18(2,15)16)6-7-13(10)17-12;/h6-9,14H,3-5H2,1-2H3;. The molecule has 0 bridgehead atoms. The number of sulfonamides is 1. The zero-order valence-electron chi connectivity index (χ0n) is 11.3. The summed E-state index contributed by atoms with van der Waals surface area (Å²) in [6, 6.07) is 7.25. The number of benzene rings is 1. The Morgan fingerprint density at radius 3 is 2.63 bits per heavy atom. The van der Waals surface area contributed by atoms with Crippen molar-refractivity contribution in [2.75, 3.05) is 11.0 Å². The predicted molar refractivity (Wildman–Crippen MR) is 79.0 cm³/mol. The van der Waals surface area contributed by atoms with Crippen molar-refractivity contribution in [2.24, 2.45) is 0 Å². The SMILES string of the molecule is CCCCc1cc2cc(NS(C)(=O)=O)ccc2o1.[Mg]. The van der Waals surface area contributed by atoms with E-state index in [2.05, 4.69) is 11.6 Å². The molecule has 1 aromatic carbocycles. The molecule has 6 heteroatoms. The topological polar surface area (TPSA) is 59.3 Å². The normalized spacial score (nSPS) is 11.3. The summed E-state index contributed by atoms with van der Waals surface area (Å²) < 4.78 is 30.4. The summed E-state index contributed by atoms with van der Waals surface area (Å²) >= 11 is 0. The lowest BCUT2D eigenvalue weighted by molar-refractivity contribution is 0.536. The van der Waals surface area contributed by atoms with Crippen molar-refractivity contribution in [3.05, 3.63) is 30.0 Å². The quantitative estimate of drug-likeness (QED) is 0.862. The molecular weight excluding hydrogens is 275 g/mol. The lowest BCUT2D eigenvalue weighted by atomic mass is 10.2. The first-order valence-corrected chi connectivity index (χ1v) is 7.87. The van der Waals surface area contributed by atoms with Crippen molar-refractivity contribution in [1.29, 1.82) is 0 Å². The van der Waals surface area contributed by atoms with Crippen molar-refractivity contribution >= 4 is 49.7 Å². The Balaban J connectivity index is 0.00000180. The lowest BCUT2D eigenvalue weighted by Gasteiger charge is -2.02. The zero-order valence-corrected chi connectivity index (χ0v) is 13.5. The molecule has 100 valence electrons. The van der Waals surface area contributed by atoms with Crippen LogP contribution in [0.25, 0.3) is 11.0 Å². The van der Waals surface area contributed by atoms with E-state index in [-0.39, 0.29) is 23.1 Å². The van der Waals surface area contributed by atoms with E-state index in [1.807, 2.05) is 6.07 Å². The van der Waals surface area contributed by atoms with Crippen molar-refractivity contribution in [1.82, 2.24) is 0 Å². The number of fused-ring (bicyclic) bond motifs is 1. The number of nitrogens with one attached hydrogen (secondary N) is 1. The van der Waals surface area contributed by atoms with Crippen LogP contribution in [0.3, 0.4) is 0 Å². The highest BCUT2D eigenvalue weighted by molar-refractivity contribution is 7.92. The molecule has 0 saturated heterocycles. The van der Waals surface area contributed by atoms with Gasteiger partial charge in [-0.1, -0.05) is 13.3 Å². The van der Waals surface area contributed by atoms with Crippen LogP contribution >= 0.6 is 0 Å². The minimum atomic E-state index is -3.23. The molecule has 0 saturated carbocycles. The Bertz CT molecular complexity index is 649. The Morgan fingerprint density at radius 1 is 1.26 bits per heavy atom. The maximum atomic E-state index is 11.1. The van der Waals surface area contributed by atoms with Crippen LogP contribution in [0.15, 0.2) is 28.7 Å². The van der Waals surface area contributed by atoms with E-state index in [4.69, 9.17) is 4.42 Å². The molecule has 0 aliphatic rings. The van der Waals surface area contributed by atoms with E-state index in [1.165, 1.54) is 0 Å². The first-order chi connectivity index (χ1) is 8.48. The summed E-state index contributed by atoms with van der Waals surface area (Å²) in [5, 5.41) is 0.926. The van der Waals surface area contributed by atoms with Crippen LogP contribution in [0.4, 0.5) is 5.69 Å². The van der Waals surface area contributed by atoms with Crippen LogP contribution in [-0.2, 0) is 16.4 Å². The van der Waals surface area contributed by atoms with Crippen LogP contribution in [0.2, 0.25) is 0 Å². The second-order valence-electron chi connectivity index (χ2n) is 4.44. The Hall–Kier alpha value is -0.724. The lowest BCUT2D eigenvalue weighted by Crippen LogP contribution is -2.09. The number of furan rings is 1. The van der Waals surface area contributed by atoms with Gasteiger partial charge in [0.1, 0.15) is 11.3 Å². The van der Waals surface area contributed by atoms with Gasteiger partial charge in [0.05, 0.1) is 6.26 Å². The first-order valence-electron chi connectivity index (χ1n) is 5.98. The summed E-state index contributed by atoms with van der Waals surface area (Å²) in [6.07, 6.45) is 4.27. The second-order valence-corrected chi connectivity index (χ2v) is 6.19. The van der Waals surface area contributed by atoms with E-state index in [9.17, 15) is 8.42 Å². The maximum Gasteiger partial charge on any atom is 0.229 e. The molecule has 4 nitrogen and oxygen atoms in total. The third-order valence-corrected chi connectivity index (χ3v) is 3.25. The Labute approximate surface area is 129 Å². The third-order valence-electron chi connectivity index (χ3n) is 2.65. The van der Waals surface area contributed by atoms with Gasteiger partial charge in [-0.05, 0) is 30.7 Å². The van der Waals surface area contributed by atoms with Crippen molar-refractivity contribution in [3.8, 4) is 0 Å². The average molecular weight is 292 g/mol. The molecule has 19 heavy (non-hydrogen) atoms. The molecule has 0 aliphatic carbocycles. The number of rotatable bonds is 5. The molecular formula is C13H17MgNO3S. The average Bonchev–Trinajstić information content (AvgIpc) is 2.66. The van der Waals surface area contributed by atoms with Gasteiger partial charge < -0.3 is 4.42 Å². The molecule has 1 heterocycles. The molecule has 0 unspecified atom stereocenters. The molecule has 1 aromatic heterocycles. The monoisotopic (exact) mass is 291 g/mol. The molecule has 1 N–H and O–H groups in total. The largest absolute Gasteiger partial charge is 0.461 e. The fourth-order valence-electron chi connectivity index (χ4n) is 1.85. The van der Waals surface area contributed by atoms with Crippen LogP contribution < -0.4 is 4.72 Å². The fourth-order valence-corrected chi connectivity index (χ4v) is 2.41. The predicted octanol–water partition coefficient (Wildman–Crippen LogP) is 2.77. The summed E-state index contributed by atoms with van der Waals surface area (Å²) in [6.45, 7) is 2.14. The van der Waals surface area contributed by atoms with E-state index >= 15 is 0 Å². The van der Waals surface area contributed by atoms with Gasteiger partial charge in [0.2, 0.25) is 10.0 Å². The summed E-state index contributed by atoms with van der Waals surface area (Å²) in [5.74, 6) is 0.948. The van der Waals surface area contributed by atoms with Crippen molar-refractivity contribution in [3.63, 3.8) is 0 Å². The van der Waals surface area contributed by atoms with Crippen LogP contribution in [0.1, 0.15) is 25.5 Å². The van der Waals surface area contributed by atoms with Crippen LogP contribution in [0.5, 0.6) is 0 Å². The highest BCUT2D eigenvalue weighted by Crippen LogP contribution is 2.24. The van der Waals surface area contributed by atoms with Crippen molar-refractivity contribution in [2.45, 2.75) is 26.2 Å². The van der Waals surface area contributed by atoms with Gasteiger partial charge in [-0.25, -0.2) is 8.42 Å².